The lowest BCUT2D eigenvalue weighted by Gasteiger charge is -2.34. The highest BCUT2D eigenvalue weighted by Gasteiger charge is 2.39. The first-order chi connectivity index (χ1) is 21.6. The number of rotatable bonds is 9. The molecule has 3 aromatic rings. The average Bonchev–Trinajstić information content (AvgIpc) is 3.25. The molecule has 234 valence electrons. The van der Waals surface area contributed by atoms with Crippen LogP contribution >= 0.6 is 0 Å². The summed E-state index contributed by atoms with van der Waals surface area (Å²) in [4.78, 5) is 43.7. The maximum Gasteiger partial charge on any atom is 0.417 e. The molecule has 0 atom stereocenters. The Morgan fingerprint density at radius 2 is 1.62 bits per heavy atom. The summed E-state index contributed by atoms with van der Waals surface area (Å²) >= 11 is 0. The van der Waals surface area contributed by atoms with Gasteiger partial charge in [-0.05, 0) is 62.4 Å². The van der Waals surface area contributed by atoms with Crippen molar-refractivity contribution < 1.29 is 27.6 Å². The van der Waals surface area contributed by atoms with Crippen LogP contribution in [0.5, 0.6) is 0 Å². The molecule has 1 fully saturated rings. The number of unbranched alkanes of at least 4 members (excludes halogenated alkanes) is 3. The summed E-state index contributed by atoms with van der Waals surface area (Å²) in [7, 11) is 0. The number of hydrogen-bond donors (Lipinski definition) is 1. The van der Waals surface area contributed by atoms with Gasteiger partial charge in [0.15, 0.2) is 0 Å². The number of amides is 4. The molecule has 4 amide bonds. The van der Waals surface area contributed by atoms with Crippen LogP contribution in [0.25, 0.3) is 10.8 Å². The summed E-state index contributed by atoms with van der Waals surface area (Å²) in [5.41, 5.74) is -0.597. The quantitative estimate of drug-likeness (QED) is 0.212. The predicted octanol–water partition coefficient (Wildman–Crippen LogP) is 6.72. The number of carbonyl (C=O) groups excluding carboxylic acids is 3. The van der Waals surface area contributed by atoms with Crippen LogP contribution in [0.4, 0.5) is 29.3 Å². The Hall–Kier alpha value is -4.69. The Labute approximate surface area is 259 Å². The van der Waals surface area contributed by atoms with Crippen LogP contribution in [0.2, 0.25) is 0 Å². The number of halogens is 3. The summed E-state index contributed by atoms with van der Waals surface area (Å²) in [5.74, 6) is -1.25. The lowest BCUT2D eigenvalue weighted by atomic mass is 10.0. The number of imide groups is 1. The van der Waals surface area contributed by atoms with Gasteiger partial charge in [0.2, 0.25) is 0 Å². The number of benzene rings is 3. The zero-order valence-electron chi connectivity index (χ0n) is 25.0. The normalized spacial score (nSPS) is 16.1. The third-order valence-corrected chi connectivity index (χ3v) is 8.47. The van der Waals surface area contributed by atoms with Crippen molar-refractivity contribution in [3.63, 3.8) is 0 Å². The number of carbonyl (C=O) groups is 3. The molecule has 0 unspecified atom stereocenters. The van der Waals surface area contributed by atoms with Crippen molar-refractivity contribution in [2.75, 3.05) is 42.9 Å². The average molecular weight is 618 g/mol. The molecule has 0 aromatic heterocycles. The Morgan fingerprint density at radius 3 is 2.36 bits per heavy atom. The van der Waals surface area contributed by atoms with Crippen molar-refractivity contribution >= 4 is 40.0 Å². The fourth-order valence-electron chi connectivity index (χ4n) is 5.91. The Kier molecular flexibility index (Phi) is 9.54. The minimum absolute atomic E-state index is 0.103. The van der Waals surface area contributed by atoms with Gasteiger partial charge in [-0.15, -0.1) is 0 Å². The van der Waals surface area contributed by atoms with Gasteiger partial charge in [0, 0.05) is 42.7 Å². The summed E-state index contributed by atoms with van der Waals surface area (Å²) in [5, 5.41) is 14.2. The monoisotopic (exact) mass is 617 g/mol. The van der Waals surface area contributed by atoms with Gasteiger partial charge in [-0.3, -0.25) is 14.5 Å². The van der Waals surface area contributed by atoms with Crippen LogP contribution in [0, 0.1) is 11.3 Å². The number of nitrogens with one attached hydrogen (secondary N) is 1. The molecule has 11 heteroatoms. The zero-order valence-corrected chi connectivity index (χ0v) is 25.0. The van der Waals surface area contributed by atoms with E-state index in [0.717, 1.165) is 66.3 Å². The number of nitrogens with zero attached hydrogens (tertiary/aromatic N) is 4. The fourth-order valence-corrected chi connectivity index (χ4v) is 5.91. The second kappa shape index (κ2) is 13.5. The van der Waals surface area contributed by atoms with Gasteiger partial charge in [-0.25, -0.2) is 9.69 Å². The number of urea groups is 1. The van der Waals surface area contributed by atoms with Crippen LogP contribution in [0.1, 0.15) is 50.2 Å². The molecule has 2 aliphatic heterocycles. The highest BCUT2D eigenvalue weighted by Crippen LogP contribution is 2.37. The Bertz CT molecular complexity index is 1680. The van der Waals surface area contributed by atoms with Crippen molar-refractivity contribution in [2.45, 2.75) is 45.2 Å². The standard InChI is InChI=1S/C34H34F3N5O3/c1-23-27(32(44)42(31(23)43)26-15-14-25(22-38)29(21-26)34(35,36)37)11-4-2-3-7-16-40-17-19-41(20-18-40)33(45)39-30-13-8-10-24-9-5-6-12-28(24)30/h5-6,8-10,12-15,21H,2-4,7,11,16-20H2,1H3,(H,39,45). The SMILES string of the molecule is CC1=C(CCCCCCN2CCN(C(=O)Nc3cccc4ccccc34)CC2)C(=O)N(c2ccc(C#N)c(C(F)(F)F)c2)C1=O. The Morgan fingerprint density at radius 1 is 0.911 bits per heavy atom. The molecule has 8 nitrogen and oxygen atoms in total. The molecular weight excluding hydrogens is 583 g/mol. The molecule has 0 radical (unpaired) electrons. The topological polar surface area (TPSA) is 96.8 Å². The molecule has 0 aliphatic carbocycles. The minimum atomic E-state index is -4.79. The number of alkyl halides is 3. The first kappa shape index (κ1) is 31.7. The van der Waals surface area contributed by atoms with E-state index in [9.17, 15) is 27.6 Å². The number of nitriles is 1. The van der Waals surface area contributed by atoms with Crippen molar-refractivity contribution in [3.8, 4) is 6.07 Å². The van der Waals surface area contributed by atoms with E-state index in [0.29, 0.717) is 37.6 Å². The van der Waals surface area contributed by atoms with E-state index >= 15 is 0 Å². The van der Waals surface area contributed by atoms with E-state index in [4.69, 9.17) is 5.26 Å². The summed E-state index contributed by atoms with van der Waals surface area (Å²) in [6.45, 7) is 5.26. The molecule has 2 aliphatic rings. The van der Waals surface area contributed by atoms with E-state index in [-0.39, 0.29) is 17.3 Å². The maximum absolute atomic E-state index is 13.4. The summed E-state index contributed by atoms with van der Waals surface area (Å²) in [6, 6.07) is 18.0. The van der Waals surface area contributed by atoms with E-state index in [1.165, 1.54) is 19.1 Å². The van der Waals surface area contributed by atoms with Crippen LogP contribution in [-0.4, -0.2) is 60.4 Å². The van der Waals surface area contributed by atoms with Gasteiger partial charge in [0.25, 0.3) is 11.8 Å². The molecule has 45 heavy (non-hydrogen) atoms. The molecular formula is C34H34F3N5O3. The van der Waals surface area contributed by atoms with Crippen LogP contribution in [-0.2, 0) is 15.8 Å². The van der Waals surface area contributed by atoms with Crippen LogP contribution in [0.15, 0.2) is 71.8 Å². The van der Waals surface area contributed by atoms with Gasteiger partial charge in [0.05, 0.1) is 28.6 Å². The first-order valence-corrected chi connectivity index (χ1v) is 15.0. The van der Waals surface area contributed by atoms with E-state index in [1.54, 1.807) is 0 Å². The van der Waals surface area contributed by atoms with Crippen LogP contribution < -0.4 is 10.2 Å². The summed E-state index contributed by atoms with van der Waals surface area (Å²) in [6.07, 6.45) is -1.06. The number of anilines is 2. The molecule has 0 saturated carbocycles. The molecule has 2 heterocycles. The van der Waals surface area contributed by atoms with E-state index in [1.807, 2.05) is 47.4 Å². The number of hydrogen-bond acceptors (Lipinski definition) is 5. The third kappa shape index (κ3) is 7.02. The largest absolute Gasteiger partial charge is 0.417 e. The van der Waals surface area contributed by atoms with Crippen molar-refractivity contribution in [2.24, 2.45) is 0 Å². The lowest BCUT2D eigenvalue weighted by molar-refractivity contribution is -0.138. The highest BCUT2D eigenvalue weighted by atomic mass is 19.4. The van der Waals surface area contributed by atoms with Crippen molar-refractivity contribution in [1.29, 1.82) is 5.26 Å². The van der Waals surface area contributed by atoms with Gasteiger partial charge < -0.3 is 10.2 Å². The van der Waals surface area contributed by atoms with Crippen molar-refractivity contribution in [1.82, 2.24) is 9.80 Å². The van der Waals surface area contributed by atoms with Gasteiger partial charge in [-0.1, -0.05) is 49.2 Å². The zero-order chi connectivity index (χ0) is 32.1. The molecule has 5 rings (SSSR count). The van der Waals surface area contributed by atoms with Crippen molar-refractivity contribution in [3.05, 3.63) is 82.9 Å². The molecule has 0 bridgehead atoms. The predicted molar refractivity (Wildman–Crippen MR) is 165 cm³/mol. The molecule has 1 N–H and O–H groups in total. The van der Waals surface area contributed by atoms with Gasteiger partial charge in [0.1, 0.15) is 0 Å². The van der Waals surface area contributed by atoms with Gasteiger partial charge in [-0.2, -0.15) is 18.4 Å². The lowest BCUT2D eigenvalue weighted by Crippen LogP contribution is -2.50. The number of piperazine rings is 1. The minimum Gasteiger partial charge on any atom is -0.322 e. The third-order valence-electron chi connectivity index (χ3n) is 8.47. The van der Waals surface area contributed by atoms with E-state index in [2.05, 4.69) is 10.2 Å². The Balaban J connectivity index is 1.03. The highest BCUT2D eigenvalue weighted by molar-refractivity contribution is 6.32. The van der Waals surface area contributed by atoms with E-state index < -0.39 is 29.1 Å². The first-order valence-electron chi connectivity index (χ1n) is 15.0. The molecule has 1 saturated heterocycles. The van der Waals surface area contributed by atoms with Gasteiger partial charge >= 0.3 is 12.2 Å². The summed E-state index contributed by atoms with van der Waals surface area (Å²) < 4.78 is 40.3. The molecule has 3 aromatic carbocycles. The maximum atomic E-state index is 13.4. The smallest absolute Gasteiger partial charge is 0.322 e. The second-order valence-electron chi connectivity index (χ2n) is 11.3. The number of fused-ring (bicyclic) bond motifs is 1. The van der Waals surface area contributed by atoms with Crippen LogP contribution in [0.3, 0.4) is 0 Å². The molecule has 0 spiro atoms. The fraction of sp³-hybridized carbons (Fsp3) is 0.353. The second-order valence-corrected chi connectivity index (χ2v) is 11.3.